The fourth-order valence-corrected chi connectivity index (χ4v) is 5.29. The van der Waals surface area contributed by atoms with Crippen molar-refractivity contribution in [3.63, 3.8) is 0 Å². The van der Waals surface area contributed by atoms with Gasteiger partial charge in [0.1, 0.15) is 5.75 Å². The summed E-state index contributed by atoms with van der Waals surface area (Å²) in [6.45, 7) is 10.3. The average Bonchev–Trinajstić information content (AvgIpc) is 2.96. The maximum atomic E-state index is 13.6. The highest BCUT2D eigenvalue weighted by atomic mass is 16.5. The third-order valence-electron chi connectivity index (χ3n) is 7.80. The van der Waals surface area contributed by atoms with E-state index in [1.807, 2.05) is 28.0 Å². The van der Waals surface area contributed by atoms with E-state index in [9.17, 15) is 4.79 Å². The lowest BCUT2D eigenvalue weighted by Gasteiger charge is -2.36. The summed E-state index contributed by atoms with van der Waals surface area (Å²) in [7, 11) is 5.55. The summed E-state index contributed by atoms with van der Waals surface area (Å²) in [5.74, 6) is 2.22. The fourth-order valence-electron chi connectivity index (χ4n) is 5.29. The molecule has 2 heterocycles. The number of piperazine rings is 1. The molecule has 0 aromatic heterocycles. The molecule has 0 saturated carbocycles. The van der Waals surface area contributed by atoms with Gasteiger partial charge in [-0.25, -0.2) is 4.79 Å². The minimum Gasteiger partial charge on any atom is -0.496 e. The van der Waals surface area contributed by atoms with Crippen molar-refractivity contribution in [3.8, 4) is 17.2 Å². The number of methoxy groups -OCH3 is 2. The molecule has 2 amide bonds. The molecule has 8 heteroatoms. The Morgan fingerprint density at radius 1 is 0.846 bits per heavy atom. The molecule has 0 atom stereocenters. The minimum absolute atomic E-state index is 0.00421. The number of benzene rings is 2. The summed E-state index contributed by atoms with van der Waals surface area (Å²) in [6.07, 6.45) is 5.16. The van der Waals surface area contributed by atoms with Crippen molar-refractivity contribution in [1.82, 2.24) is 14.7 Å². The number of hydrogen-bond donors (Lipinski definition) is 0. The Balaban J connectivity index is 1.40. The first kappa shape index (κ1) is 29.0. The first-order valence-electron chi connectivity index (χ1n) is 14.5. The molecule has 8 nitrogen and oxygen atoms in total. The molecule has 0 aliphatic carbocycles. The molecule has 2 aliphatic heterocycles. The van der Waals surface area contributed by atoms with Crippen molar-refractivity contribution in [1.29, 1.82) is 0 Å². The molecule has 2 aromatic carbocycles. The highest BCUT2D eigenvalue weighted by molar-refractivity contribution is 5.93. The molecule has 214 valence electrons. The van der Waals surface area contributed by atoms with E-state index in [4.69, 9.17) is 14.2 Å². The van der Waals surface area contributed by atoms with Crippen molar-refractivity contribution in [2.45, 2.75) is 45.6 Å². The lowest BCUT2D eigenvalue weighted by Crippen LogP contribution is -2.49. The Bertz CT molecular complexity index is 1070. The van der Waals surface area contributed by atoms with Crippen LogP contribution in [0.15, 0.2) is 36.4 Å². The maximum absolute atomic E-state index is 13.6. The number of anilines is 1. The number of rotatable bonds is 13. The van der Waals surface area contributed by atoms with Gasteiger partial charge in [0.15, 0.2) is 11.5 Å². The Labute approximate surface area is 234 Å². The normalized spacial score (nSPS) is 17.0. The lowest BCUT2D eigenvalue weighted by atomic mass is 10.1. The molecule has 2 aromatic rings. The van der Waals surface area contributed by atoms with Gasteiger partial charge in [0, 0.05) is 63.1 Å². The molecule has 2 fully saturated rings. The van der Waals surface area contributed by atoms with E-state index in [0.29, 0.717) is 31.2 Å². The van der Waals surface area contributed by atoms with Gasteiger partial charge in [0.2, 0.25) is 0 Å². The van der Waals surface area contributed by atoms with Gasteiger partial charge in [-0.15, -0.1) is 0 Å². The van der Waals surface area contributed by atoms with Gasteiger partial charge in [-0.3, -0.25) is 4.90 Å². The van der Waals surface area contributed by atoms with E-state index in [-0.39, 0.29) is 6.03 Å². The number of carbonyl (C=O) groups is 1. The zero-order valence-electron chi connectivity index (χ0n) is 24.3. The van der Waals surface area contributed by atoms with Crippen LogP contribution in [0.4, 0.5) is 10.5 Å². The second-order valence-corrected chi connectivity index (χ2v) is 10.6. The van der Waals surface area contributed by atoms with Gasteiger partial charge >= 0.3 is 6.03 Å². The molecule has 39 heavy (non-hydrogen) atoms. The predicted molar refractivity (Wildman–Crippen MR) is 156 cm³/mol. The Morgan fingerprint density at radius 3 is 2.38 bits per heavy atom. The molecule has 0 unspecified atom stereocenters. The van der Waals surface area contributed by atoms with Crippen LogP contribution in [0.1, 0.15) is 43.7 Å². The quantitative estimate of drug-likeness (QED) is 0.339. The Kier molecular flexibility index (Phi) is 10.7. The van der Waals surface area contributed by atoms with Crippen LogP contribution in [0.2, 0.25) is 0 Å². The Morgan fingerprint density at radius 2 is 1.64 bits per heavy atom. The summed E-state index contributed by atoms with van der Waals surface area (Å²) >= 11 is 0. The number of likely N-dealkylation sites (N-methyl/N-ethyl adjacent to an activating group) is 1. The number of unbranched alkanes of at least 4 members (excludes halogenated alkanes) is 2. The van der Waals surface area contributed by atoms with Crippen LogP contribution in [0.3, 0.4) is 0 Å². The van der Waals surface area contributed by atoms with Gasteiger partial charge < -0.3 is 28.9 Å². The van der Waals surface area contributed by atoms with Crippen molar-refractivity contribution >= 4 is 11.7 Å². The third kappa shape index (κ3) is 7.79. The first-order valence-corrected chi connectivity index (χ1v) is 14.5. The summed E-state index contributed by atoms with van der Waals surface area (Å²) in [6, 6.07) is 12.2. The van der Waals surface area contributed by atoms with Gasteiger partial charge in [-0.1, -0.05) is 31.9 Å². The average molecular weight is 539 g/mol. The van der Waals surface area contributed by atoms with Crippen LogP contribution < -0.4 is 19.1 Å². The molecule has 2 saturated heterocycles. The number of urea groups is 1. The highest BCUT2D eigenvalue weighted by Crippen LogP contribution is 2.34. The fraction of sp³-hybridized carbons (Fsp3) is 0.581. The molecule has 4 rings (SSSR count). The molecule has 2 aliphatic rings. The second-order valence-electron chi connectivity index (χ2n) is 10.6. The SMILES string of the molecule is CCCCCOc1cc(N2CCCN(Cc3ccc(CCN4CCN(C)CC4)cc3OC)C2=O)ccc1OC. The topological polar surface area (TPSA) is 57.7 Å². The summed E-state index contributed by atoms with van der Waals surface area (Å²) in [5.41, 5.74) is 3.14. The van der Waals surface area contributed by atoms with Crippen molar-refractivity contribution in [2.24, 2.45) is 0 Å². The molecular formula is C31H46N4O4. The molecule has 0 spiro atoms. The van der Waals surface area contributed by atoms with Crippen LogP contribution in [-0.4, -0.2) is 94.4 Å². The maximum Gasteiger partial charge on any atom is 0.324 e. The number of nitrogens with zero attached hydrogens (tertiary/aromatic N) is 4. The molecule has 0 N–H and O–H groups in total. The first-order chi connectivity index (χ1) is 19.0. The highest BCUT2D eigenvalue weighted by Gasteiger charge is 2.28. The second kappa shape index (κ2) is 14.4. The molecule has 0 bridgehead atoms. The van der Waals surface area contributed by atoms with Crippen LogP contribution in [0, 0.1) is 0 Å². The minimum atomic E-state index is 0.00421. The number of ether oxygens (including phenoxy) is 3. The molecule has 0 radical (unpaired) electrons. The largest absolute Gasteiger partial charge is 0.496 e. The van der Waals surface area contributed by atoms with Crippen LogP contribution in [0.5, 0.6) is 17.2 Å². The van der Waals surface area contributed by atoms with Gasteiger partial charge in [0.25, 0.3) is 0 Å². The van der Waals surface area contributed by atoms with Crippen molar-refractivity contribution in [2.75, 3.05) is 78.6 Å². The molecular weight excluding hydrogens is 492 g/mol. The number of amides is 2. The summed E-state index contributed by atoms with van der Waals surface area (Å²) in [5, 5.41) is 0. The van der Waals surface area contributed by atoms with Crippen LogP contribution >= 0.6 is 0 Å². The third-order valence-corrected chi connectivity index (χ3v) is 7.80. The monoisotopic (exact) mass is 538 g/mol. The summed E-state index contributed by atoms with van der Waals surface area (Å²) < 4.78 is 17.3. The smallest absolute Gasteiger partial charge is 0.324 e. The van der Waals surface area contributed by atoms with E-state index in [1.165, 1.54) is 5.56 Å². The predicted octanol–water partition coefficient (Wildman–Crippen LogP) is 4.90. The standard InChI is InChI=1S/C31H46N4O4/c1-5-6-7-21-39-30-23-27(11-12-28(30)37-3)35-15-8-14-34(31(35)36)24-26-10-9-25(22-29(26)38-4)13-16-33-19-17-32(2)18-20-33/h9-12,22-23H,5-8,13-21,24H2,1-4H3. The van der Waals surface area contributed by atoms with E-state index in [2.05, 4.69) is 42.0 Å². The van der Waals surface area contributed by atoms with E-state index >= 15 is 0 Å². The van der Waals surface area contributed by atoms with Gasteiger partial charge in [-0.2, -0.15) is 0 Å². The lowest BCUT2D eigenvalue weighted by molar-refractivity contribution is 0.155. The van der Waals surface area contributed by atoms with Crippen LogP contribution in [0.25, 0.3) is 0 Å². The zero-order chi connectivity index (χ0) is 27.6. The van der Waals surface area contributed by atoms with Gasteiger partial charge in [0.05, 0.1) is 27.4 Å². The van der Waals surface area contributed by atoms with Crippen molar-refractivity contribution < 1.29 is 19.0 Å². The summed E-state index contributed by atoms with van der Waals surface area (Å²) in [4.78, 5) is 22.3. The van der Waals surface area contributed by atoms with E-state index in [1.54, 1.807) is 14.2 Å². The van der Waals surface area contributed by atoms with E-state index in [0.717, 1.165) is 88.4 Å². The Hall–Kier alpha value is -2.97. The van der Waals surface area contributed by atoms with Crippen LogP contribution in [-0.2, 0) is 13.0 Å². The van der Waals surface area contributed by atoms with Crippen molar-refractivity contribution in [3.05, 3.63) is 47.5 Å². The number of carbonyl (C=O) groups excluding carboxylic acids is 1. The number of hydrogen-bond acceptors (Lipinski definition) is 6. The van der Waals surface area contributed by atoms with Gasteiger partial charge in [-0.05, 0) is 50.1 Å². The van der Waals surface area contributed by atoms with E-state index < -0.39 is 0 Å². The zero-order valence-corrected chi connectivity index (χ0v) is 24.3.